The molecule has 1 aliphatic rings. The van der Waals surface area contributed by atoms with Crippen molar-refractivity contribution in [2.24, 2.45) is 0 Å². The highest BCUT2D eigenvalue weighted by Gasteiger charge is 2.25. The van der Waals surface area contributed by atoms with Crippen LogP contribution in [0.4, 0.5) is 4.79 Å². The van der Waals surface area contributed by atoms with Crippen LogP contribution in [0, 0.1) is 0 Å². The lowest BCUT2D eigenvalue weighted by molar-refractivity contribution is 0.0473. The number of amides is 1. The maximum atomic E-state index is 12.2. The van der Waals surface area contributed by atoms with Crippen LogP contribution in [0.25, 0.3) is 0 Å². The van der Waals surface area contributed by atoms with Gasteiger partial charge in [0.15, 0.2) is 5.78 Å². The molecule has 1 fully saturated rings. The predicted octanol–water partition coefficient (Wildman–Crippen LogP) is 2.25. The van der Waals surface area contributed by atoms with Gasteiger partial charge < -0.3 is 10.1 Å². The van der Waals surface area contributed by atoms with E-state index in [1.807, 2.05) is 26.8 Å². The van der Waals surface area contributed by atoms with Crippen LogP contribution >= 0.6 is 0 Å². The zero-order chi connectivity index (χ0) is 16.9. The molecular formula is C17H25N3O3. The van der Waals surface area contributed by atoms with E-state index in [0.29, 0.717) is 18.8 Å². The smallest absolute Gasteiger partial charge is 0.407 e. The third kappa shape index (κ3) is 5.98. The van der Waals surface area contributed by atoms with Crippen LogP contribution in [0.2, 0.25) is 0 Å². The monoisotopic (exact) mass is 319 g/mol. The lowest BCUT2D eigenvalue weighted by Crippen LogP contribution is -2.49. The second-order valence-corrected chi connectivity index (χ2v) is 6.86. The number of nitrogens with one attached hydrogen (secondary N) is 1. The van der Waals surface area contributed by atoms with Gasteiger partial charge in [-0.05, 0) is 52.3 Å². The molecule has 0 radical (unpaired) electrons. The van der Waals surface area contributed by atoms with E-state index in [2.05, 4.69) is 15.2 Å². The summed E-state index contributed by atoms with van der Waals surface area (Å²) in [5.41, 5.74) is -0.0253. The van der Waals surface area contributed by atoms with Crippen molar-refractivity contribution in [1.82, 2.24) is 15.2 Å². The number of rotatable bonds is 4. The summed E-state index contributed by atoms with van der Waals surface area (Å²) in [6.45, 7) is 7.34. The minimum atomic E-state index is -0.507. The first kappa shape index (κ1) is 17.4. The number of carbonyl (C=O) groups excluding carboxylic acids is 2. The Bertz CT molecular complexity index is 540. The first-order valence-corrected chi connectivity index (χ1v) is 7.99. The van der Waals surface area contributed by atoms with Crippen molar-refractivity contribution in [1.29, 1.82) is 0 Å². The molecule has 1 aliphatic heterocycles. The Morgan fingerprint density at radius 2 is 2.17 bits per heavy atom. The quantitative estimate of drug-likeness (QED) is 0.862. The summed E-state index contributed by atoms with van der Waals surface area (Å²) in [7, 11) is 0. The van der Waals surface area contributed by atoms with Gasteiger partial charge in [-0.2, -0.15) is 0 Å². The van der Waals surface area contributed by atoms with E-state index < -0.39 is 11.7 Å². The number of carbonyl (C=O) groups is 2. The van der Waals surface area contributed by atoms with E-state index in [9.17, 15) is 9.59 Å². The van der Waals surface area contributed by atoms with Crippen LogP contribution in [-0.4, -0.2) is 53.0 Å². The van der Waals surface area contributed by atoms with E-state index in [1.54, 1.807) is 18.3 Å². The zero-order valence-electron chi connectivity index (χ0n) is 14.0. The molecule has 0 aliphatic carbocycles. The number of Topliss-reactive ketones (excluding diaryl/α,β-unsaturated/α-hetero) is 1. The van der Waals surface area contributed by atoms with Crippen molar-refractivity contribution in [3.63, 3.8) is 0 Å². The topological polar surface area (TPSA) is 71.5 Å². The van der Waals surface area contributed by atoms with Gasteiger partial charge in [0.05, 0.1) is 6.54 Å². The van der Waals surface area contributed by atoms with Gasteiger partial charge in [0.2, 0.25) is 0 Å². The minimum absolute atomic E-state index is 0.00326. The summed E-state index contributed by atoms with van der Waals surface area (Å²) >= 11 is 0. The van der Waals surface area contributed by atoms with Gasteiger partial charge in [0, 0.05) is 18.8 Å². The van der Waals surface area contributed by atoms with Crippen LogP contribution < -0.4 is 5.32 Å². The molecule has 1 aromatic heterocycles. The van der Waals surface area contributed by atoms with E-state index in [-0.39, 0.29) is 11.8 Å². The molecule has 1 amide bonds. The van der Waals surface area contributed by atoms with E-state index in [4.69, 9.17) is 4.74 Å². The molecule has 23 heavy (non-hydrogen) atoms. The Labute approximate surface area is 137 Å². The van der Waals surface area contributed by atoms with Gasteiger partial charge in [-0.25, -0.2) is 4.79 Å². The lowest BCUT2D eigenvalue weighted by Gasteiger charge is -2.33. The molecule has 0 saturated carbocycles. The Kier molecular flexibility index (Phi) is 5.71. The second-order valence-electron chi connectivity index (χ2n) is 6.86. The third-order valence-corrected chi connectivity index (χ3v) is 3.54. The molecule has 0 unspecified atom stereocenters. The molecule has 0 aromatic carbocycles. The van der Waals surface area contributed by atoms with E-state index in [1.165, 1.54) is 0 Å². The summed E-state index contributed by atoms with van der Waals surface area (Å²) < 4.78 is 5.28. The number of aromatic nitrogens is 1. The van der Waals surface area contributed by atoms with Crippen LogP contribution in [0.5, 0.6) is 0 Å². The first-order valence-electron chi connectivity index (χ1n) is 7.99. The van der Waals surface area contributed by atoms with Gasteiger partial charge in [0.1, 0.15) is 11.3 Å². The number of pyridine rings is 1. The molecule has 2 heterocycles. The lowest BCUT2D eigenvalue weighted by atomic mass is 10.1. The number of hydrogen-bond donors (Lipinski definition) is 1. The molecule has 0 spiro atoms. The molecule has 0 bridgehead atoms. The molecule has 1 N–H and O–H groups in total. The summed E-state index contributed by atoms with van der Waals surface area (Å²) in [4.78, 5) is 30.2. The molecular weight excluding hydrogens is 294 g/mol. The number of alkyl carbamates (subject to hydrolysis) is 1. The highest BCUT2D eigenvalue weighted by Crippen LogP contribution is 2.13. The van der Waals surface area contributed by atoms with Crippen molar-refractivity contribution >= 4 is 11.9 Å². The maximum absolute atomic E-state index is 12.2. The Morgan fingerprint density at radius 1 is 1.39 bits per heavy atom. The van der Waals surface area contributed by atoms with E-state index >= 15 is 0 Å². The summed E-state index contributed by atoms with van der Waals surface area (Å²) in [6.07, 6.45) is 3.06. The normalized spacial score (nSPS) is 19.2. The maximum Gasteiger partial charge on any atom is 0.407 e. The molecule has 6 nitrogen and oxygen atoms in total. The molecule has 1 saturated heterocycles. The molecule has 126 valence electrons. The van der Waals surface area contributed by atoms with Crippen LogP contribution in [0.15, 0.2) is 24.4 Å². The number of ether oxygens (including phenoxy) is 1. The second kappa shape index (κ2) is 7.55. The number of likely N-dealkylation sites (tertiary alicyclic amines) is 1. The van der Waals surface area contributed by atoms with Gasteiger partial charge >= 0.3 is 6.09 Å². The molecule has 6 heteroatoms. The van der Waals surface area contributed by atoms with Gasteiger partial charge in [0.25, 0.3) is 0 Å². The SMILES string of the molecule is CC(C)(C)OC(=O)N[C@H]1CCCN(CC(=O)c2ccccn2)C1. The fourth-order valence-corrected chi connectivity index (χ4v) is 2.60. The summed E-state index contributed by atoms with van der Waals surface area (Å²) in [6, 6.07) is 5.33. The zero-order valence-corrected chi connectivity index (χ0v) is 14.0. The Hall–Kier alpha value is -1.95. The molecule has 1 aromatic rings. The van der Waals surface area contributed by atoms with Crippen molar-refractivity contribution < 1.29 is 14.3 Å². The first-order chi connectivity index (χ1) is 10.8. The third-order valence-electron chi connectivity index (χ3n) is 3.54. The largest absolute Gasteiger partial charge is 0.444 e. The highest BCUT2D eigenvalue weighted by molar-refractivity contribution is 5.95. The van der Waals surface area contributed by atoms with Gasteiger partial charge in [-0.15, -0.1) is 0 Å². The Morgan fingerprint density at radius 3 is 2.83 bits per heavy atom. The summed E-state index contributed by atoms with van der Waals surface area (Å²) in [5, 5.41) is 2.89. The molecule has 1 atom stereocenters. The van der Waals surface area contributed by atoms with Crippen molar-refractivity contribution in [3.05, 3.63) is 30.1 Å². The van der Waals surface area contributed by atoms with E-state index in [0.717, 1.165) is 19.4 Å². The van der Waals surface area contributed by atoms with Crippen molar-refractivity contribution in [3.8, 4) is 0 Å². The Balaban J connectivity index is 1.84. The van der Waals surface area contributed by atoms with Crippen LogP contribution in [-0.2, 0) is 4.74 Å². The van der Waals surface area contributed by atoms with Crippen molar-refractivity contribution in [2.75, 3.05) is 19.6 Å². The van der Waals surface area contributed by atoms with Crippen molar-refractivity contribution in [2.45, 2.75) is 45.3 Å². The van der Waals surface area contributed by atoms with Gasteiger partial charge in [-0.3, -0.25) is 14.7 Å². The van der Waals surface area contributed by atoms with Crippen LogP contribution in [0.3, 0.4) is 0 Å². The number of ketones is 1. The number of nitrogens with zero attached hydrogens (tertiary/aromatic N) is 2. The predicted molar refractivity (Wildman–Crippen MR) is 87.4 cm³/mol. The minimum Gasteiger partial charge on any atom is -0.444 e. The average Bonchev–Trinajstić information content (AvgIpc) is 2.46. The number of hydrogen-bond acceptors (Lipinski definition) is 5. The summed E-state index contributed by atoms with van der Waals surface area (Å²) in [5.74, 6) is 0.00326. The fraction of sp³-hybridized carbons (Fsp3) is 0.588. The fourth-order valence-electron chi connectivity index (χ4n) is 2.60. The van der Waals surface area contributed by atoms with Crippen LogP contribution in [0.1, 0.15) is 44.1 Å². The average molecular weight is 319 g/mol. The molecule has 2 rings (SSSR count). The highest BCUT2D eigenvalue weighted by atomic mass is 16.6. The number of piperidine rings is 1. The van der Waals surface area contributed by atoms with Gasteiger partial charge in [-0.1, -0.05) is 6.07 Å². The standard InChI is InChI=1S/C17H25N3O3/c1-17(2,3)23-16(22)19-13-7-6-10-20(11-13)12-15(21)14-8-4-5-9-18-14/h4-5,8-9,13H,6-7,10-12H2,1-3H3,(H,19,22)/t13-/m0/s1.